The van der Waals surface area contributed by atoms with Crippen molar-refractivity contribution in [3.05, 3.63) is 12.7 Å². The normalized spacial score (nSPS) is 10.7. The monoisotopic (exact) mass is 181 g/mol. The predicted molar refractivity (Wildman–Crippen MR) is 46.2 cm³/mol. The molecule has 0 aliphatic carbocycles. The summed E-state index contributed by atoms with van der Waals surface area (Å²) in [7, 11) is 3.64. The van der Waals surface area contributed by atoms with Gasteiger partial charge in [-0.3, -0.25) is 0 Å². The van der Waals surface area contributed by atoms with Gasteiger partial charge in [-0.05, 0) is 0 Å². The zero-order valence-electron chi connectivity index (χ0n) is 7.27. The minimum atomic E-state index is 0.193. The summed E-state index contributed by atoms with van der Waals surface area (Å²) in [6.45, 7) is 0. The predicted octanol–water partition coefficient (Wildman–Crippen LogP) is 0.625. The lowest BCUT2D eigenvalue weighted by Gasteiger charge is -2.09. The Morgan fingerprint density at radius 2 is 2.08 bits per heavy atom. The highest BCUT2D eigenvalue weighted by Crippen LogP contribution is 2.18. The number of hydrogen-bond acceptors (Lipinski definition) is 4. The summed E-state index contributed by atoms with van der Waals surface area (Å²) in [5.74, 6) is 0.612. The Bertz CT molecular complexity index is 435. The highest BCUT2D eigenvalue weighted by Gasteiger charge is 2.10. The van der Waals surface area contributed by atoms with E-state index in [4.69, 9.17) is 0 Å². The second kappa shape index (κ2) is 2.65. The Morgan fingerprint density at radius 1 is 1.31 bits per heavy atom. The molecule has 0 atom stereocenters. The van der Waals surface area contributed by atoms with Gasteiger partial charge in [0, 0.05) is 14.1 Å². The van der Waals surface area contributed by atoms with Crippen LogP contribution >= 0.6 is 0 Å². The van der Waals surface area contributed by atoms with Crippen LogP contribution in [0.25, 0.3) is 11.2 Å². The Balaban J connectivity index is 2.77. The molecular weight excluding hydrogens is 173 g/mol. The van der Waals surface area contributed by atoms with Crippen LogP contribution in [0.5, 0.6) is 0 Å². The highest BCUT2D eigenvalue weighted by atomic mass is 19.2. The van der Waals surface area contributed by atoms with Crippen molar-refractivity contribution in [3.63, 3.8) is 0 Å². The fourth-order valence-electron chi connectivity index (χ4n) is 1.12. The van der Waals surface area contributed by atoms with Gasteiger partial charge in [-0.25, -0.2) is 15.0 Å². The van der Waals surface area contributed by atoms with E-state index in [0.717, 1.165) is 6.33 Å². The third kappa shape index (κ3) is 1.10. The number of fused-ring (bicyclic) bond motifs is 1. The van der Waals surface area contributed by atoms with E-state index in [9.17, 15) is 4.48 Å². The molecule has 6 heteroatoms. The quantitative estimate of drug-likeness (QED) is 0.647. The molecule has 0 aliphatic rings. The van der Waals surface area contributed by atoms with Crippen LogP contribution in [0.2, 0.25) is 0 Å². The van der Waals surface area contributed by atoms with Gasteiger partial charge >= 0.3 is 0 Å². The van der Waals surface area contributed by atoms with Crippen molar-refractivity contribution in [1.29, 1.82) is 0 Å². The minimum Gasteiger partial charge on any atom is -0.361 e. The first-order chi connectivity index (χ1) is 6.20. The zero-order chi connectivity index (χ0) is 9.42. The summed E-state index contributed by atoms with van der Waals surface area (Å²) in [5, 5.41) is 0. The molecule has 0 aliphatic heterocycles. The second-order valence-electron chi connectivity index (χ2n) is 2.82. The zero-order valence-corrected chi connectivity index (χ0v) is 7.27. The number of rotatable bonds is 1. The van der Waals surface area contributed by atoms with Gasteiger partial charge < -0.3 is 4.90 Å². The molecule has 0 radical (unpaired) electrons. The van der Waals surface area contributed by atoms with Gasteiger partial charge in [0.1, 0.15) is 12.7 Å². The van der Waals surface area contributed by atoms with Crippen molar-refractivity contribution in [2.45, 2.75) is 0 Å². The maximum absolute atomic E-state index is 12.9. The van der Waals surface area contributed by atoms with Crippen LogP contribution in [0.3, 0.4) is 0 Å². The molecule has 0 saturated carbocycles. The largest absolute Gasteiger partial charge is 0.361 e. The van der Waals surface area contributed by atoms with E-state index in [1.165, 1.54) is 6.33 Å². The molecule has 13 heavy (non-hydrogen) atoms. The Kier molecular flexibility index (Phi) is 1.61. The molecule has 0 fully saturated rings. The lowest BCUT2D eigenvalue weighted by molar-refractivity contribution is 0.381. The molecule has 0 spiro atoms. The minimum absolute atomic E-state index is 0.193. The Morgan fingerprint density at radius 3 is 2.77 bits per heavy atom. The highest BCUT2D eigenvalue weighted by molar-refractivity contribution is 5.82. The fourth-order valence-corrected chi connectivity index (χ4v) is 1.12. The number of nitrogens with zero attached hydrogens (tertiary/aromatic N) is 5. The van der Waals surface area contributed by atoms with Gasteiger partial charge in [-0.2, -0.15) is 0 Å². The van der Waals surface area contributed by atoms with Crippen LogP contribution in [-0.4, -0.2) is 33.8 Å². The molecule has 0 amide bonds. The number of aromatic nitrogens is 4. The van der Waals surface area contributed by atoms with Crippen molar-refractivity contribution in [2.24, 2.45) is 0 Å². The van der Waals surface area contributed by atoms with Crippen LogP contribution in [-0.2, 0) is 0 Å². The summed E-state index contributed by atoms with van der Waals surface area (Å²) in [4.78, 5) is 13.8. The smallest absolute Gasteiger partial charge is 0.195 e. The SMILES string of the molecule is CN(C)c1ncnc2c1ncn2F. The third-order valence-corrected chi connectivity index (χ3v) is 1.70. The van der Waals surface area contributed by atoms with Gasteiger partial charge in [-0.1, -0.05) is 4.48 Å². The molecule has 0 bridgehead atoms. The van der Waals surface area contributed by atoms with E-state index < -0.39 is 0 Å². The number of anilines is 1. The van der Waals surface area contributed by atoms with E-state index in [2.05, 4.69) is 15.0 Å². The molecule has 5 nitrogen and oxygen atoms in total. The van der Waals surface area contributed by atoms with Crippen molar-refractivity contribution in [3.8, 4) is 0 Å². The average molecular weight is 181 g/mol. The van der Waals surface area contributed by atoms with E-state index in [0.29, 0.717) is 16.1 Å². The second-order valence-corrected chi connectivity index (χ2v) is 2.82. The average Bonchev–Trinajstić information content (AvgIpc) is 2.48. The molecule has 2 aromatic heterocycles. The van der Waals surface area contributed by atoms with Crippen molar-refractivity contribution in [2.75, 3.05) is 19.0 Å². The van der Waals surface area contributed by atoms with Crippen LogP contribution < -0.4 is 4.90 Å². The molecule has 2 heterocycles. The summed E-state index contributed by atoms with van der Waals surface area (Å²) in [5.41, 5.74) is 0.661. The van der Waals surface area contributed by atoms with Gasteiger partial charge in [0.25, 0.3) is 0 Å². The van der Waals surface area contributed by atoms with Gasteiger partial charge in [0.15, 0.2) is 17.0 Å². The molecule has 0 aromatic carbocycles. The lowest BCUT2D eigenvalue weighted by Crippen LogP contribution is -2.11. The standard InChI is InChI=1S/C7H8FN5/c1-12(2)6-5-7(10-3-9-6)13(8)4-11-5/h3-4H,1-2H3. The molecule has 2 rings (SSSR count). The van der Waals surface area contributed by atoms with Crippen molar-refractivity contribution in [1.82, 2.24) is 19.7 Å². The van der Waals surface area contributed by atoms with E-state index in [1.807, 2.05) is 14.1 Å². The summed E-state index contributed by atoms with van der Waals surface area (Å²) >= 11 is 0. The van der Waals surface area contributed by atoms with Gasteiger partial charge in [0.2, 0.25) is 0 Å². The summed E-state index contributed by atoms with van der Waals surface area (Å²) in [6, 6.07) is 0. The maximum atomic E-state index is 12.9. The first-order valence-electron chi connectivity index (χ1n) is 3.71. The van der Waals surface area contributed by atoms with Crippen LogP contribution in [0.1, 0.15) is 0 Å². The molecule has 68 valence electrons. The fraction of sp³-hybridized carbons (Fsp3) is 0.286. The summed E-state index contributed by atoms with van der Waals surface area (Å²) in [6.07, 6.45) is 2.39. The third-order valence-electron chi connectivity index (χ3n) is 1.70. The van der Waals surface area contributed by atoms with Crippen LogP contribution in [0.4, 0.5) is 10.3 Å². The lowest BCUT2D eigenvalue weighted by atomic mass is 10.5. The number of halogens is 1. The Hall–Kier alpha value is -1.72. The molecule has 0 unspecified atom stereocenters. The summed E-state index contributed by atoms with van der Waals surface area (Å²) < 4.78 is 12.9. The molecular formula is C7H8FN5. The van der Waals surface area contributed by atoms with Crippen molar-refractivity contribution >= 4 is 17.0 Å². The van der Waals surface area contributed by atoms with Crippen molar-refractivity contribution < 1.29 is 4.48 Å². The van der Waals surface area contributed by atoms with Gasteiger partial charge in [-0.15, -0.1) is 4.79 Å². The maximum Gasteiger partial charge on any atom is 0.195 e. The first kappa shape index (κ1) is 7.90. The van der Waals surface area contributed by atoms with Gasteiger partial charge in [0.05, 0.1) is 0 Å². The topological polar surface area (TPSA) is 46.8 Å². The van der Waals surface area contributed by atoms with Crippen LogP contribution in [0.15, 0.2) is 12.7 Å². The van der Waals surface area contributed by atoms with Crippen LogP contribution in [0, 0.1) is 0 Å². The Labute approximate surface area is 73.8 Å². The van der Waals surface area contributed by atoms with E-state index in [1.54, 1.807) is 4.90 Å². The van der Waals surface area contributed by atoms with E-state index in [-0.39, 0.29) is 5.65 Å². The van der Waals surface area contributed by atoms with E-state index >= 15 is 0 Å². The molecule has 0 saturated heterocycles. The number of imidazole rings is 1. The first-order valence-corrected chi connectivity index (χ1v) is 3.71. The molecule has 2 aromatic rings. The molecule has 0 N–H and O–H groups in total. The number of hydrogen-bond donors (Lipinski definition) is 0.